The number of H-pyrrole nitrogens is 1. The highest BCUT2D eigenvalue weighted by atomic mass is 32.1. The number of ether oxygens (including phenoxy) is 2. The van der Waals surface area contributed by atoms with Crippen LogP contribution in [0.25, 0.3) is 21.6 Å². The van der Waals surface area contributed by atoms with Gasteiger partial charge in [-0.2, -0.15) is 0 Å². The van der Waals surface area contributed by atoms with Crippen molar-refractivity contribution in [1.82, 2.24) is 20.3 Å². The molecule has 10 heteroatoms. The predicted molar refractivity (Wildman–Crippen MR) is 133 cm³/mol. The van der Waals surface area contributed by atoms with E-state index in [-0.39, 0.29) is 0 Å². The SMILES string of the molecule is CNc1nc2ccc(C(O)NCCOC)cc2[nH]1.O=Cc1csc(-c2ccc3c(c2)CCO3)n1. The molecule has 0 fully saturated rings. The fourth-order valence-corrected chi connectivity index (χ4v) is 4.29. The van der Waals surface area contributed by atoms with Gasteiger partial charge in [-0.15, -0.1) is 11.3 Å². The zero-order valence-electron chi connectivity index (χ0n) is 19.0. The smallest absolute Gasteiger partial charge is 0.200 e. The number of rotatable bonds is 8. The summed E-state index contributed by atoms with van der Waals surface area (Å²) in [5.74, 6) is 1.68. The number of anilines is 1. The maximum absolute atomic E-state index is 10.6. The Kier molecular flexibility index (Phi) is 7.86. The summed E-state index contributed by atoms with van der Waals surface area (Å²) in [6.45, 7) is 1.92. The highest BCUT2D eigenvalue weighted by Gasteiger charge is 2.14. The number of aromatic nitrogens is 3. The number of fused-ring (bicyclic) bond motifs is 2. The lowest BCUT2D eigenvalue weighted by molar-refractivity contribution is 0.111. The number of nitrogens with one attached hydrogen (secondary N) is 3. The Bertz CT molecular complexity index is 1260. The number of carbonyl (C=O) groups is 1. The fraction of sp³-hybridized carbons (Fsp3) is 0.292. The van der Waals surface area contributed by atoms with E-state index in [9.17, 15) is 9.90 Å². The van der Waals surface area contributed by atoms with Crippen LogP contribution in [-0.4, -0.2) is 60.3 Å². The molecule has 3 heterocycles. The molecule has 2 aromatic carbocycles. The van der Waals surface area contributed by atoms with Gasteiger partial charge in [-0.05, 0) is 41.5 Å². The summed E-state index contributed by atoms with van der Waals surface area (Å²) in [5, 5.41) is 18.5. The lowest BCUT2D eigenvalue weighted by atomic mass is 10.1. The average molecular weight is 482 g/mol. The minimum Gasteiger partial charge on any atom is -0.493 e. The lowest BCUT2D eigenvalue weighted by Crippen LogP contribution is -2.24. The zero-order valence-corrected chi connectivity index (χ0v) is 19.8. The molecule has 1 unspecified atom stereocenters. The van der Waals surface area contributed by atoms with E-state index in [1.807, 2.05) is 30.3 Å². The van der Waals surface area contributed by atoms with Crippen molar-refractivity contribution in [3.05, 3.63) is 58.6 Å². The molecule has 0 spiro atoms. The Labute approximate surface area is 201 Å². The van der Waals surface area contributed by atoms with Gasteiger partial charge in [0.25, 0.3) is 0 Å². The number of thiazole rings is 1. The number of benzene rings is 2. The van der Waals surface area contributed by atoms with Crippen molar-refractivity contribution in [2.24, 2.45) is 0 Å². The summed E-state index contributed by atoms with van der Waals surface area (Å²) in [6.07, 6.45) is 1.02. The van der Waals surface area contributed by atoms with Crippen LogP contribution >= 0.6 is 11.3 Å². The Morgan fingerprint density at radius 1 is 1.29 bits per heavy atom. The molecule has 34 heavy (non-hydrogen) atoms. The molecule has 0 amide bonds. The van der Waals surface area contributed by atoms with Crippen molar-refractivity contribution in [2.75, 3.05) is 39.2 Å². The normalized spacial score (nSPS) is 13.0. The summed E-state index contributed by atoms with van der Waals surface area (Å²) in [6, 6.07) is 11.7. The standard InChI is InChI=1S/C12H18N4O2.C12H9NO2S/c1-13-12-15-9-4-3-8(7-10(9)16-12)11(17)14-5-6-18-2;14-6-10-7-16-12(13-10)9-1-2-11-8(5-9)3-4-15-11/h3-4,7,11,14,17H,5-6H2,1-2H3,(H2,13,15,16);1-2,5-7H,3-4H2. The number of methoxy groups -OCH3 is 1. The van der Waals surface area contributed by atoms with Gasteiger partial charge >= 0.3 is 0 Å². The van der Waals surface area contributed by atoms with Crippen LogP contribution in [0, 0.1) is 0 Å². The van der Waals surface area contributed by atoms with Crippen molar-refractivity contribution in [2.45, 2.75) is 12.6 Å². The summed E-state index contributed by atoms with van der Waals surface area (Å²) in [7, 11) is 3.43. The van der Waals surface area contributed by atoms with Gasteiger partial charge in [-0.3, -0.25) is 10.1 Å². The maximum atomic E-state index is 10.6. The van der Waals surface area contributed by atoms with Crippen LogP contribution in [0.1, 0.15) is 27.8 Å². The van der Waals surface area contributed by atoms with Gasteiger partial charge in [-0.25, -0.2) is 9.97 Å². The van der Waals surface area contributed by atoms with Crippen LogP contribution in [0.2, 0.25) is 0 Å². The van der Waals surface area contributed by atoms with E-state index < -0.39 is 6.23 Å². The third-order valence-electron chi connectivity index (χ3n) is 5.28. The molecule has 9 nitrogen and oxygen atoms in total. The third-order valence-corrected chi connectivity index (χ3v) is 6.19. The summed E-state index contributed by atoms with van der Waals surface area (Å²) >= 11 is 1.49. The van der Waals surface area contributed by atoms with E-state index in [1.54, 1.807) is 19.5 Å². The van der Waals surface area contributed by atoms with Gasteiger partial charge in [0, 0.05) is 38.1 Å². The molecule has 1 aliphatic rings. The van der Waals surface area contributed by atoms with E-state index in [1.165, 1.54) is 16.9 Å². The Hall–Kier alpha value is -3.31. The topological polar surface area (TPSA) is 121 Å². The minimum absolute atomic E-state index is 0.497. The molecule has 1 aliphatic heterocycles. The van der Waals surface area contributed by atoms with E-state index in [0.29, 0.717) is 24.8 Å². The van der Waals surface area contributed by atoms with E-state index in [4.69, 9.17) is 9.47 Å². The van der Waals surface area contributed by atoms with Crippen LogP contribution in [0.4, 0.5) is 5.95 Å². The van der Waals surface area contributed by atoms with Crippen molar-refractivity contribution in [3.63, 3.8) is 0 Å². The highest BCUT2D eigenvalue weighted by Crippen LogP contribution is 2.31. The third kappa shape index (κ3) is 5.60. The molecule has 1 atom stereocenters. The van der Waals surface area contributed by atoms with Gasteiger partial charge in [0.15, 0.2) is 6.29 Å². The second-order valence-electron chi connectivity index (χ2n) is 7.58. The van der Waals surface area contributed by atoms with Crippen molar-refractivity contribution >= 4 is 34.6 Å². The molecule has 0 aliphatic carbocycles. The van der Waals surface area contributed by atoms with Crippen LogP contribution < -0.4 is 15.4 Å². The van der Waals surface area contributed by atoms with Crippen molar-refractivity contribution in [1.29, 1.82) is 0 Å². The number of hydrogen-bond donors (Lipinski definition) is 4. The van der Waals surface area contributed by atoms with Gasteiger partial charge < -0.3 is 24.9 Å². The fourth-order valence-electron chi connectivity index (χ4n) is 3.52. The second kappa shape index (κ2) is 11.2. The van der Waals surface area contributed by atoms with Gasteiger partial charge in [0.1, 0.15) is 22.7 Å². The van der Waals surface area contributed by atoms with Crippen molar-refractivity contribution in [3.8, 4) is 16.3 Å². The predicted octanol–water partition coefficient (Wildman–Crippen LogP) is 3.39. The number of nitrogens with zero attached hydrogens (tertiary/aromatic N) is 2. The molecular weight excluding hydrogens is 454 g/mol. The summed E-state index contributed by atoms with van der Waals surface area (Å²) in [5.41, 5.74) is 5.33. The number of aliphatic hydroxyl groups excluding tert-OH is 1. The quantitative estimate of drug-likeness (QED) is 0.172. The first-order valence-electron chi connectivity index (χ1n) is 10.9. The van der Waals surface area contributed by atoms with E-state index in [0.717, 1.165) is 52.2 Å². The summed E-state index contributed by atoms with van der Waals surface area (Å²) < 4.78 is 10.4. The lowest BCUT2D eigenvalue weighted by Gasteiger charge is -2.12. The Morgan fingerprint density at radius 3 is 2.94 bits per heavy atom. The molecule has 2 aromatic heterocycles. The molecule has 5 rings (SSSR count). The maximum Gasteiger partial charge on any atom is 0.200 e. The van der Waals surface area contributed by atoms with Gasteiger partial charge in [0.2, 0.25) is 5.95 Å². The molecule has 0 radical (unpaired) electrons. The van der Waals surface area contributed by atoms with E-state index in [2.05, 4.69) is 31.7 Å². The molecule has 0 saturated heterocycles. The number of imidazole rings is 1. The van der Waals surface area contributed by atoms with Gasteiger partial charge in [-0.1, -0.05) is 6.07 Å². The molecule has 4 aromatic rings. The first-order chi connectivity index (χ1) is 16.6. The summed E-state index contributed by atoms with van der Waals surface area (Å²) in [4.78, 5) is 22.2. The van der Waals surface area contributed by atoms with Crippen LogP contribution in [0.3, 0.4) is 0 Å². The monoisotopic (exact) mass is 481 g/mol. The molecular formula is C24H27N5O4S. The number of aliphatic hydroxyl groups is 1. The Balaban J connectivity index is 0.000000162. The number of aldehydes is 1. The van der Waals surface area contributed by atoms with Crippen molar-refractivity contribution < 1.29 is 19.4 Å². The molecule has 4 N–H and O–H groups in total. The first-order valence-corrected chi connectivity index (χ1v) is 11.7. The van der Waals surface area contributed by atoms with Gasteiger partial charge in [0.05, 0.1) is 24.2 Å². The van der Waals surface area contributed by atoms with Crippen LogP contribution in [-0.2, 0) is 11.2 Å². The minimum atomic E-state index is -0.703. The number of carbonyl (C=O) groups excluding carboxylic acids is 1. The highest BCUT2D eigenvalue weighted by molar-refractivity contribution is 7.13. The zero-order chi connectivity index (χ0) is 23.9. The Morgan fingerprint density at radius 2 is 2.18 bits per heavy atom. The largest absolute Gasteiger partial charge is 0.493 e. The number of hydrogen-bond acceptors (Lipinski definition) is 9. The molecule has 0 bridgehead atoms. The average Bonchev–Trinajstić information content (AvgIpc) is 3.62. The first kappa shape index (κ1) is 23.8. The number of aromatic amines is 1. The van der Waals surface area contributed by atoms with Crippen LogP contribution in [0.15, 0.2) is 41.8 Å². The van der Waals surface area contributed by atoms with Crippen LogP contribution in [0.5, 0.6) is 5.75 Å². The second-order valence-corrected chi connectivity index (χ2v) is 8.44. The molecule has 178 valence electrons. The van der Waals surface area contributed by atoms with E-state index >= 15 is 0 Å². The molecule has 0 saturated carbocycles.